The molecule has 164 valence electrons. The van der Waals surface area contributed by atoms with Crippen LogP contribution < -0.4 is 22.5 Å². The van der Waals surface area contributed by atoms with E-state index in [1.165, 1.54) is 19.0 Å². The number of hydrogen-bond acceptors (Lipinski definition) is 13. The van der Waals surface area contributed by atoms with Gasteiger partial charge in [0, 0.05) is 6.54 Å². The molecule has 0 saturated carbocycles. The lowest BCUT2D eigenvalue weighted by molar-refractivity contribution is 0.687. The van der Waals surface area contributed by atoms with Gasteiger partial charge in [-0.1, -0.05) is 0 Å². The van der Waals surface area contributed by atoms with Crippen LogP contribution in [0.5, 0.6) is 0 Å². The molecule has 6 heterocycles. The minimum absolute atomic E-state index is 0.285. The topological polar surface area (TPSA) is 232 Å². The minimum atomic E-state index is -0.497. The fourth-order valence-corrected chi connectivity index (χ4v) is 3.45. The summed E-state index contributed by atoms with van der Waals surface area (Å²) < 4.78 is 3.36. The molecule has 0 bridgehead atoms. The number of fused-ring (bicyclic) bond motifs is 3. The number of H-pyrrole nitrogens is 1. The van der Waals surface area contributed by atoms with Crippen LogP contribution in [-0.4, -0.2) is 65.7 Å². The summed E-state index contributed by atoms with van der Waals surface area (Å²) >= 11 is 0. The lowest BCUT2D eigenvalue weighted by atomic mass is 10.3. The van der Waals surface area contributed by atoms with E-state index in [0.717, 1.165) is 0 Å². The highest BCUT2D eigenvalue weighted by Gasteiger charge is 2.17. The third-order valence-electron chi connectivity index (χ3n) is 5.07. The summed E-state index contributed by atoms with van der Waals surface area (Å²) in [7, 11) is 0. The van der Waals surface area contributed by atoms with Crippen molar-refractivity contribution >= 4 is 50.9 Å². The molecule has 0 spiro atoms. The fraction of sp³-hybridized carbons (Fsp3) is 0.118. The van der Waals surface area contributed by atoms with Crippen molar-refractivity contribution in [3.8, 4) is 0 Å². The molecule has 0 radical (unpaired) electrons. The highest BCUT2D eigenvalue weighted by Crippen LogP contribution is 2.22. The Morgan fingerprint density at radius 3 is 2.27 bits per heavy atom. The summed E-state index contributed by atoms with van der Waals surface area (Å²) in [5.41, 5.74) is 21.1. The molecule has 0 aliphatic rings. The third kappa shape index (κ3) is 2.92. The van der Waals surface area contributed by atoms with Gasteiger partial charge < -0.3 is 27.5 Å². The standard InChI is InChI=1S/C17H16N16/c18-7(13-30-8-11(19)22-2-25-15(8)31-13)1-21-14-10-17(27-4-24-14)33(6-29-10)32-5-28-9-12(20)23-3-26-16(9)32/h2-7H,1,18H2,(H2,20,23,26)(H,21,24,27)(H3,19,22,25,30,31). The molecule has 16 nitrogen and oxygen atoms in total. The van der Waals surface area contributed by atoms with Crippen molar-refractivity contribution in [2.75, 3.05) is 23.3 Å². The average molecular weight is 444 g/mol. The van der Waals surface area contributed by atoms with Crippen molar-refractivity contribution in [1.29, 1.82) is 0 Å². The summed E-state index contributed by atoms with van der Waals surface area (Å²) in [6.07, 6.45) is 7.30. The molecule has 0 amide bonds. The highest BCUT2D eigenvalue weighted by molar-refractivity contribution is 5.85. The largest absolute Gasteiger partial charge is 0.382 e. The molecule has 16 heteroatoms. The van der Waals surface area contributed by atoms with Gasteiger partial charge in [0.25, 0.3) is 0 Å². The Balaban J connectivity index is 1.30. The second-order valence-corrected chi connectivity index (χ2v) is 7.07. The SMILES string of the molecule is Nc1ncnc2c1ncn2-n1cnc2c(NCC(N)c3nc4ncnc(N)c4[nH]3)ncnc21. The van der Waals surface area contributed by atoms with Gasteiger partial charge in [-0.05, 0) is 0 Å². The summed E-state index contributed by atoms with van der Waals surface area (Å²) in [5.74, 6) is 1.61. The van der Waals surface area contributed by atoms with Gasteiger partial charge in [0.2, 0.25) is 0 Å². The van der Waals surface area contributed by atoms with Crippen LogP contribution in [0.4, 0.5) is 17.5 Å². The first-order valence-corrected chi connectivity index (χ1v) is 9.68. The number of nitrogens with zero attached hydrogens (tertiary/aromatic N) is 11. The molecule has 0 fully saturated rings. The molecule has 0 saturated heterocycles. The molecule has 33 heavy (non-hydrogen) atoms. The number of nitrogen functional groups attached to an aromatic ring is 2. The molecule has 6 aromatic heterocycles. The van der Waals surface area contributed by atoms with Crippen LogP contribution in [0.2, 0.25) is 0 Å². The molecule has 0 aliphatic carbocycles. The number of nitrogens with two attached hydrogens (primary N) is 3. The van der Waals surface area contributed by atoms with E-state index >= 15 is 0 Å². The van der Waals surface area contributed by atoms with Crippen molar-refractivity contribution in [3.63, 3.8) is 0 Å². The zero-order valence-electron chi connectivity index (χ0n) is 16.8. The monoisotopic (exact) mass is 444 g/mol. The van der Waals surface area contributed by atoms with E-state index in [9.17, 15) is 0 Å². The number of rotatable bonds is 5. The molecular weight excluding hydrogens is 428 g/mol. The molecule has 8 N–H and O–H groups in total. The number of hydrogen-bond donors (Lipinski definition) is 5. The number of nitrogens with one attached hydrogen (secondary N) is 2. The Bertz CT molecular complexity index is 1630. The molecule has 1 atom stereocenters. The lowest BCUT2D eigenvalue weighted by Gasteiger charge is -2.11. The maximum absolute atomic E-state index is 6.31. The van der Waals surface area contributed by atoms with Crippen LogP contribution in [0.1, 0.15) is 11.9 Å². The normalized spacial score (nSPS) is 12.6. The second-order valence-electron chi connectivity index (χ2n) is 7.07. The first-order chi connectivity index (χ1) is 16.1. The summed E-state index contributed by atoms with van der Waals surface area (Å²) in [4.78, 5) is 41.1. The van der Waals surface area contributed by atoms with E-state index in [0.29, 0.717) is 57.5 Å². The van der Waals surface area contributed by atoms with Crippen molar-refractivity contribution in [3.05, 3.63) is 37.5 Å². The fourth-order valence-electron chi connectivity index (χ4n) is 3.45. The van der Waals surface area contributed by atoms with Crippen LogP contribution in [0.15, 0.2) is 31.6 Å². The van der Waals surface area contributed by atoms with E-state index in [2.05, 4.69) is 55.2 Å². The predicted molar refractivity (Wildman–Crippen MR) is 117 cm³/mol. The zero-order chi connectivity index (χ0) is 22.5. The lowest BCUT2D eigenvalue weighted by Crippen LogP contribution is -2.22. The summed E-state index contributed by atoms with van der Waals surface area (Å²) in [6, 6.07) is -0.497. The second kappa shape index (κ2) is 7.02. The van der Waals surface area contributed by atoms with Gasteiger partial charge in [-0.25, -0.2) is 54.2 Å². The van der Waals surface area contributed by atoms with E-state index in [4.69, 9.17) is 17.2 Å². The van der Waals surface area contributed by atoms with Gasteiger partial charge in [0.1, 0.15) is 43.0 Å². The Labute approximate surface area is 183 Å². The summed E-state index contributed by atoms with van der Waals surface area (Å²) in [6.45, 7) is 0.309. The van der Waals surface area contributed by atoms with Crippen LogP contribution in [0, 0.1) is 0 Å². The van der Waals surface area contributed by atoms with Gasteiger partial charge in [0.15, 0.2) is 45.4 Å². The van der Waals surface area contributed by atoms with E-state index in [1.54, 1.807) is 22.0 Å². The Morgan fingerprint density at radius 2 is 1.48 bits per heavy atom. The molecular formula is C17H16N16. The van der Waals surface area contributed by atoms with E-state index in [-0.39, 0.29) is 5.82 Å². The zero-order valence-corrected chi connectivity index (χ0v) is 16.8. The average Bonchev–Trinajstić information content (AvgIpc) is 3.54. The molecule has 6 rings (SSSR count). The maximum atomic E-state index is 6.31. The van der Waals surface area contributed by atoms with Crippen molar-refractivity contribution < 1.29 is 0 Å². The third-order valence-corrected chi connectivity index (χ3v) is 5.07. The van der Waals surface area contributed by atoms with Gasteiger partial charge in [-0.15, -0.1) is 0 Å². The molecule has 0 aromatic carbocycles. The van der Waals surface area contributed by atoms with Gasteiger partial charge in [-0.2, -0.15) is 0 Å². The van der Waals surface area contributed by atoms with E-state index < -0.39 is 6.04 Å². The quantitative estimate of drug-likeness (QED) is 0.220. The van der Waals surface area contributed by atoms with Gasteiger partial charge in [0.05, 0.1) is 6.04 Å². The molecule has 0 aliphatic heterocycles. The first kappa shape index (κ1) is 18.8. The van der Waals surface area contributed by atoms with Crippen LogP contribution in [0.3, 0.4) is 0 Å². The molecule has 6 aromatic rings. The Hall–Kier alpha value is -4.99. The van der Waals surface area contributed by atoms with Crippen LogP contribution in [-0.2, 0) is 0 Å². The van der Waals surface area contributed by atoms with Crippen molar-refractivity contribution in [1.82, 2.24) is 59.2 Å². The number of imidazole rings is 3. The Morgan fingerprint density at radius 1 is 0.818 bits per heavy atom. The maximum Gasteiger partial charge on any atom is 0.185 e. The first-order valence-electron chi connectivity index (χ1n) is 9.68. The highest BCUT2D eigenvalue weighted by atomic mass is 15.5. The minimum Gasteiger partial charge on any atom is -0.382 e. The summed E-state index contributed by atoms with van der Waals surface area (Å²) in [5, 5.41) is 3.20. The van der Waals surface area contributed by atoms with Crippen LogP contribution in [0.25, 0.3) is 33.5 Å². The Kier molecular flexibility index (Phi) is 3.99. The number of aromatic amines is 1. The van der Waals surface area contributed by atoms with Crippen molar-refractivity contribution in [2.24, 2.45) is 5.73 Å². The van der Waals surface area contributed by atoms with Crippen molar-refractivity contribution in [2.45, 2.75) is 6.04 Å². The van der Waals surface area contributed by atoms with Crippen LogP contribution >= 0.6 is 0 Å². The molecule has 1 unspecified atom stereocenters. The predicted octanol–water partition coefficient (Wildman–Crippen LogP) is -0.780. The van der Waals surface area contributed by atoms with Gasteiger partial charge in [-0.3, -0.25) is 0 Å². The smallest absolute Gasteiger partial charge is 0.185 e. The number of aromatic nitrogens is 12. The van der Waals surface area contributed by atoms with E-state index in [1.807, 2.05) is 0 Å². The number of anilines is 3. The van der Waals surface area contributed by atoms with Gasteiger partial charge >= 0.3 is 0 Å².